The third-order valence-corrected chi connectivity index (χ3v) is 6.67. The third-order valence-electron chi connectivity index (χ3n) is 4.17. The van der Waals surface area contributed by atoms with Crippen molar-refractivity contribution in [3.05, 3.63) is 98.5 Å². The quantitative estimate of drug-likeness (QED) is 0.287. The van der Waals surface area contributed by atoms with Crippen LogP contribution >= 0.6 is 46.6 Å². The average Bonchev–Trinajstić information content (AvgIpc) is 2.66. The van der Waals surface area contributed by atoms with E-state index < -0.39 is 0 Å². The van der Waals surface area contributed by atoms with Gasteiger partial charge in [0.1, 0.15) is 0 Å². The second kappa shape index (κ2) is 9.16. The molecule has 0 aliphatic carbocycles. The molecule has 0 saturated heterocycles. The van der Waals surface area contributed by atoms with Crippen molar-refractivity contribution in [2.24, 2.45) is 0 Å². The van der Waals surface area contributed by atoms with Gasteiger partial charge < -0.3 is 0 Å². The van der Waals surface area contributed by atoms with Crippen LogP contribution in [0.25, 0.3) is 0 Å². The molecule has 1 nitrogen and oxygen atoms in total. The van der Waals surface area contributed by atoms with E-state index in [9.17, 15) is 4.79 Å². The summed E-state index contributed by atoms with van der Waals surface area (Å²) in [7, 11) is 0. The molecule has 0 aliphatic rings. The lowest BCUT2D eigenvalue weighted by molar-refractivity contribution is 0.0982. The van der Waals surface area contributed by atoms with Gasteiger partial charge in [-0.2, -0.15) is 0 Å². The Hall–Kier alpha value is -1.45. The fraction of sp³-hybridized carbons (Fsp3) is 0.136. The van der Waals surface area contributed by atoms with Crippen molar-refractivity contribution in [1.82, 2.24) is 0 Å². The number of hydrogen-bond acceptors (Lipinski definition) is 2. The molecule has 0 unspecified atom stereocenters. The Kier molecular flexibility index (Phi) is 6.88. The normalized spacial score (nSPS) is 12.0. The van der Waals surface area contributed by atoms with E-state index >= 15 is 0 Å². The molecule has 0 aromatic heterocycles. The maximum Gasteiger partial charge on any atom is 0.164 e. The molecule has 0 amide bonds. The van der Waals surface area contributed by atoms with Gasteiger partial charge in [0.2, 0.25) is 0 Å². The Morgan fingerprint density at radius 2 is 1.59 bits per heavy atom. The van der Waals surface area contributed by atoms with E-state index in [1.165, 1.54) is 11.8 Å². The summed E-state index contributed by atoms with van der Waals surface area (Å²) in [4.78, 5) is 13.7. The summed E-state index contributed by atoms with van der Waals surface area (Å²) < 4.78 is 0. The number of aryl methyl sites for hydroxylation is 1. The number of rotatable bonds is 6. The molecule has 3 aromatic rings. The first kappa shape index (κ1) is 20.3. The van der Waals surface area contributed by atoms with E-state index in [-0.39, 0.29) is 11.0 Å². The third kappa shape index (κ3) is 5.30. The molecule has 0 spiro atoms. The van der Waals surface area contributed by atoms with Crippen molar-refractivity contribution >= 4 is 52.3 Å². The van der Waals surface area contributed by atoms with Crippen molar-refractivity contribution in [1.29, 1.82) is 0 Å². The highest BCUT2D eigenvalue weighted by Crippen LogP contribution is 2.43. The summed E-state index contributed by atoms with van der Waals surface area (Å²) in [6.07, 6.45) is 0.345. The fourth-order valence-electron chi connectivity index (χ4n) is 2.66. The topological polar surface area (TPSA) is 17.1 Å². The number of hydrogen-bond donors (Lipinski definition) is 0. The molecule has 1 atom stereocenters. The molecule has 0 bridgehead atoms. The number of halogens is 3. The molecule has 0 aliphatic heterocycles. The summed E-state index contributed by atoms with van der Waals surface area (Å²) in [5.41, 5.74) is 2.85. The van der Waals surface area contributed by atoms with Crippen LogP contribution in [0.1, 0.15) is 33.2 Å². The molecule has 0 N–H and O–H groups in total. The SMILES string of the molecule is Cc1ccc(C(=O)C[C@H](Sc2cccc(Cl)c2Cl)c2ccc(Cl)cc2)cc1. The van der Waals surface area contributed by atoms with Gasteiger partial charge in [-0.25, -0.2) is 0 Å². The van der Waals surface area contributed by atoms with Gasteiger partial charge in [-0.1, -0.05) is 82.8 Å². The number of thioether (sulfide) groups is 1. The van der Waals surface area contributed by atoms with Crippen molar-refractivity contribution in [2.75, 3.05) is 0 Å². The van der Waals surface area contributed by atoms with Crippen LogP contribution in [0.5, 0.6) is 0 Å². The summed E-state index contributed by atoms with van der Waals surface area (Å²) >= 11 is 20.1. The van der Waals surface area contributed by atoms with Crippen LogP contribution in [0.15, 0.2) is 71.6 Å². The zero-order valence-corrected chi connectivity index (χ0v) is 17.7. The molecule has 138 valence electrons. The number of Topliss-reactive ketones (excluding diaryl/α,β-unsaturated/α-hetero) is 1. The maximum atomic E-state index is 12.9. The molecule has 0 radical (unpaired) electrons. The first-order chi connectivity index (χ1) is 12.9. The minimum absolute atomic E-state index is 0.0839. The van der Waals surface area contributed by atoms with Crippen molar-refractivity contribution in [3.63, 3.8) is 0 Å². The van der Waals surface area contributed by atoms with Gasteiger partial charge in [0, 0.05) is 27.2 Å². The smallest absolute Gasteiger partial charge is 0.164 e. The molecule has 27 heavy (non-hydrogen) atoms. The summed E-state index contributed by atoms with van der Waals surface area (Å²) in [5.74, 6) is 0.0839. The average molecular weight is 436 g/mol. The van der Waals surface area contributed by atoms with E-state index in [0.29, 0.717) is 27.1 Å². The number of benzene rings is 3. The van der Waals surface area contributed by atoms with Crippen molar-refractivity contribution in [3.8, 4) is 0 Å². The maximum absolute atomic E-state index is 12.9. The molecule has 3 aromatic carbocycles. The van der Waals surface area contributed by atoms with Gasteiger partial charge in [0.15, 0.2) is 5.78 Å². The van der Waals surface area contributed by atoms with Gasteiger partial charge in [-0.15, -0.1) is 11.8 Å². The highest BCUT2D eigenvalue weighted by molar-refractivity contribution is 7.99. The van der Waals surface area contributed by atoms with Crippen molar-refractivity contribution in [2.45, 2.75) is 23.5 Å². The Bertz CT molecular complexity index is 937. The van der Waals surface area contributed by atoms with Crippen LogP contribution < -0.4 is 0 Å². The van der Waals surface area contributed by atoms with Crippen LogP contribution in [0, 0.1) is 6.92 Å². The molecule has 0 heterocycles. The van der Waals surface area contributed by atoms with Gasteiger partial charge in [-0.05, 0) is 36.8 Å². The molecular weight excluding hydrogens is 419 g/mol. The predicted molar refractivity (Wildman–Crippen MR) is 117 cm³/mol. The van der Waals surface area contributed by atoms with Crippen LogP contribution in [0.4, 0.5) is 0 Å². The number of carbonyl (C=O) groups excluding carboxylic acids is 1. The second-order valence-electron chi connectivity index (χ2n) is 6.20. The van der Waals surface area contributed by atoms with Gasteiger partial charge >= 0.3 is 0 Å². The highest BCUT2D eigenvalue weighted by Gasteiger charge is 2.20. The summed E-state index contributed by atoms with van der Waals surface area (Å²) in [6.45, 7) is 2.00. The van der Waals surface area contributed by atoms with Crippen molar-refractivity contribution < 1.29 is 4.79 Å². The minimum atomic E-state index is -0.105. The van der Waals surface area contributed by atoms with E-state index in [1.807, 2.05) is 67.6 Å². The first-order valence-corrected chi connectivity index (χ1v) is 10.4. The monoisotopic (exact) mass is 434 g/mol. The lowest BCUT2D eigenvalue weighted by atomic mass is 10.0. The number of carbonyl (C=O) groups is 1. The second-order valence-corrected chi connectivity index (χ2v) is 8.67. The van der Waals surface area contributed by atoms with Gasteiger partial charge in [0.25, 0.3) is 0 Å². The molecule has 5 heteroatoms. The Morgan fingerprint density at radius 1 is 0.926 bits per heavy atom. The van der Waals surface area contributed by atoms with E-state index in [2.05, 4.69) is 0 Å². The Morgan fingerprint density at radius 3 is 2.26 bits per heavy atom. The largest absolute Gasteiger partial charge is 0.294 e. The van der Waals surface area contributed by atoms with Crippen LogP contribution in [0.2, 0.25) is 15.1 Å². The minimum Gasteiger partial charge on any atom is -0.294 e. The summed E-state index contributed by atoms with van der Waals surface area (Å²) in [6, 6.07) is 20.7. The van der Waals surface area contributed by atoms with Crippen LogP contribution in [-0.4, -0.2) is 5.78 Å². The van der Waals surface area contributed by atoms with E-state index in [1.54, 1.807) is 6.07 Å². The van der Waals surface area contributed by atoms with E-state index in [0.717, 1.165) is 16.0 Å². The molecule has 3 rings (SSSR count). The van der Waals surface area contributed by atoms with Crippen LogP contribution in [-0.2, 0) is 0 Å². The zero-order valence-electron chi connectivity index (χ0n) is 14.6. The summed E-state index contributed by atoms with van der Waals surface area (Å²) in [5, 5.41) is 1.56. The van der Waals surface area contributed by atoms with Gasteiger partial charge in [0.05, 0.1) is 10.0 Å². The Labute approximate surface area is 178 Å². The molecular formula is C22H17Cl3OS. The fourth-order valence-corrected chi connectivity index (χ4v) is 4.48. The van der Waals surface area contributed by atoms with E-state index in [4.69, 9.17) is 34.8 Å². The predicted octanol–water partition coefficient (Wildman–Crippen LogP) is 8.06. The number of ketones is 1. The highest BCUT2D eigenvalue weighted by atomic mass is 35.5. The first-order valence-electron chi connectivity index (χ1n) is 8.40. The zero-order chi connectivity index (χ0) is 19.4. The molecule has 0 saturated carbocycles. The lowest BCUT2D eigenvalue weighted by Crippen LogP contribution is -2.05. The lowest BCUT2D eigenvalue weighted by Gasteiger charge is -2.18. The van der Waals surface area contributed by atoms with Gasteiger partial charge in [-0.3, -0.25) is 4.79 Å². The van der Waals surface area contributed by atoms with Crippen LogP contribution in [0.3, 0.4) is 0 Å². The molecule has 0 fully saturated rings. The standard InChI is InChI=1S/C22H17Cl3OS/c1-14-5-7-15(8-6-14)19(26)13-21(16-9-11-17(23)12-10-16)27-20-4-2-3-18(24)22(20)25/h2-12,21H,13H2,1H3/t21-/m0/s1. The Balaban J connectivity index is 1.89.